The van der Waals surface area contributed by atoms with E-state index in [2.05, 4.69) is 0 Å². The van der Waals surface area contributed by atoms with Gasteiger partial charge in [0, 0.05) is 18.2 Å². The van der Waals surface area contributed by atoms with E-state index in [4.69, 9.17) is 19.6 Å². The van der Waals surface area contributed by atoms with Crippen LogP contribution in [0.1, 0.15) is 40.6 Å². The summed E-state index contributed by atoms with van der Waals surface area (Å²) in [5.41, 5.74) is 7.08. The van der Waals surface area contributed by atoms with E-state index in [1.54, 1.807) is 20.3 Å². The summed E-state index contributed by atoms with van der Waals surface area (Å²) in [6.45, 7) is 0.991. The van der Waals surface area contributed by atoms with Crippen molar-refractivity contribution < 1.29 is 18.7 Å². The van der Waals surface area contributed by atoms with E-state index in [0.717, 1.165) is 29.9 Å². The van der Waals surface area contributed by atoms with E-state index in [1.165, 1.54) is 6.26 Å². The SMILES string of the molecule is COc1ccc(C2CCCN2C(=O)c2coc(CN)c2)c(OC)c1.Cl. The Bertz CT molecular complexity index is 732. The summed E-state index contributed by atoms with van der Waals surface area (Å²) in [5, 5.41) is 0. The molecular formula is C18H23ClN2O4. The number of hydrogen-bond donors (Lipinski definition) is 1. The van der Waals surface area contributed by atoms with E-state index >= 15 is 0 Å². The number of nitrogens with zero attached hydrogens (tertiary/aromatic N) is 1. The van der Waals surface area contributed by atoms with Gasteiger partial charge in [-0.1, -0.05) is 0 Å². The fourth-order valence-corrected chi connectivity index (χ4v) is 3.19. The second-order valence-corrected chi connectivity index (χ2v) is 5.77. The van der Waals surface area contributed by atoms with Gasteiger partial charge in [0.25, 0.3) is 5.91 Å². The summed E-state index contributed by atoms with van der Waals surface area (Å²) in [5.74, 6) is 2.03. The molecule has 0 aliphatic carbocycles. The molecule has 7 heteroatoms. The maximum absolute atomic E-state index is 12.8. The molecule has 1 aromatic carbocycles. The minimum atomic E-state index is -0.0428. The first-order valence-corrected chi connectivity index (χ1v) is 7.98. The van der Waals surface area contributed by atoms with E-state index in [1.807, 2.05) is 23.1 Å². The van der Waals surface area contributed by atoms with Crippen molar-refractivity contribution in [1.82, 2.24) is 4.90 Å². The van der Waals surface area contributed by atoms with Gasteiger partial charge in [-0.25, -0.2) is 0 Å². The third-order valence-corrected chi connectivity index (χ3v) is 4.42. The molecule has 3 rings (SSSR count). The van der Waals surface area contributed by atoms with Crippen LogP contribution in [0.5, 0.6) is 11.5 Å². The molecule has 25 heavy (non-hydrogen) atoms. The number of ether oxygens (including phenoxy) is 2. The molecule has 1 saturated heterocycles. The van der Waals surface area contributed by atoms with Crippen LogP contribution in [0.15, 0.2) is 34.9 Å². The Morgan fingerprint density at radius 2 is 2.12 bits per heavy atom. The van der Waals surface area contributed by atoms with Crippen LogP contribution in [0.25, 0.3) is 0 Å². The Morgan fingerprint density at radius 3 is 2.76 bits per heavy atom. The topological polar surface area (TPSA) is 77.9 Å². The molecule has 2 aromatic rings. The number of amides is 1. The van der Waals surface area contributed by atoms with E-state index in [-0.39, 0.29) is 30.9 Å². The van der Waals surface area contributed by atoms with Crippen molar-refractivity contribution in [3.8, 4) is 11.5 Å². The minimum absolute atomic E-state index is 0. The van der Waals surface area contributed by atoms with Crippen molar-refractivity contribution in [1.29, 1.82) is 0 Å². The number of halogens is 1. The van der Waals surface area contributed by atoms with Crippen LogP contribution < -0.4 is 15.2 Å². The van der Waals surface area contributed by atoms with Crippen molar-refractivity contribution >= 4 is 18.3 Å². The van der Waals surface area contributed by atoms with Gasteiger partial charge in [-0.05, 0) is 31.0 Å². The Hall–Kier alpha value is -2.18. The number of nitrogens with two attached hydrogens (primary N) is 1. The molecule has 0 saturated carbocycles. The zero-order valence-electron chi connectivity index (χ0n) is 14.4. The molecule has 1 aliphatic rings. The first kappa shape index (κ1) is 19.1. The maximum atomic E-state index is 12.8. The summed E-state index contributed by atoms with van der Waals surface area (Å²) >= 11 is 0. The van der Waals surface area contributed by atoms with Gasteiger partial charge < -0.3 is 24.5 Å². The van der Waals surface area contributed by atoms with Gasteiger partial charge in [-0.3, -0.25) is 4.79 Å². The number of rotatable bonds is 5. The molecule has 6 nitrogen and oxygen atoms in total. The lowest BCUT2D eigenvalue weighted by atomic mass is 10.0. The lowest BCUT2D eigenvalue weighted by Gasteiger charge is -2.26. The molecule has 0 bridgehead atoms. The minimum Gasteiger partial charge on any atom is -0.497 e. The van der Waals surface area contributed by atoms with Gasteiger partial charge in [0.2, 0.25) is 0 Å². The number of methoxy groups -OCH3 is 2. The highest BCUT2D eigenvalue weighted by Gasteiger charge is 2.33. The number of benzene rings is 1. The molecule has 1 aliphatic heterocycles. The summed E-state index contributed by atoms with van der Waals surface area (Å²) in [6, 6.07) is 7.40. The molecular weight excluding hydrogens is 344 g/mol. The van der Waals surface area contributed by atoms with Crippen molar-refractivity contribution in [3.63, 3.8) is 0 Å². The summed E-state index contributed by atoms with van der Waals surface area (Å²) in [4.78, 5) is 14.7. The highest BCUT2D eigenvalue weighted by atomic mass is 35.5. The first-order chi connectivity index (χ1) is 11.7. The van der Waals surface area contributed by atoms with E-state index < -0.39 is 0 Å². The third-order valence-electron chi connectivity index (χ3n) is 4.42. The second kappa shape index (κ2) is 8.27. The highest BCUT2D eigenvalue weighted by molar-refractivity contribution is 5.94. The van der Waals surface area contributed by atoms with Crippen molar-refractivity contribution in [2.24, 2.45) is 5.73 Å². The lowest BCUT2D eigenvalue weighted by molar-refractivity contribution is 0.0733. The first-order valence-electron chi connectivity index (χ1n) is 7.98. The van der Waals surface area contributed by atoms with Gasteiger partial charge >= 0.3 is 0 Å². The molecule has 0 spiro atoms. The Morgan fingerprint density at radius 1 is 1.32 bits per heavy atom. The molecule has 1 atom stereocenters. The predicted octanol–water partition coefficient (Wildman–Crippen LogP) is 3.15. The van der Waals surface area contributed by atoms with Gasteiger partial charge in [0.05, 0.1) is 32.4 Å². The number of hydrogen-bond acceptors (Lipinski definition) is 5. The third kappa shape index (κ3) is 3.75. The Balaban J connectivity index is 0.00000225. The normalized spacial score (nSPS) is 16.4. The molecule has 1 fully saturated rings. The van der Waals surface area contributed by atoms with Gasteiger partial charge in [0.15, 0.2) is 0 Å². The van der Waals surface area contributed by atoms with Gasteiger partial charge in [-0.2, -0.15) is 0 Å². The average Bonchev–Trinajstić information content (AvgIpc) is 3.29. The quantitative estimate of drug-likeness (QED) is 0.879. The number of carbonyl (C=O) groups is 1. The summed E-state index contributed by atoms with van der Waals surface area (Å²) < 4.78 is 16.0. The average molecular weight is 367 g/mol. The molecule has 1 unspecified atom stereocenters. The molecule has 1 amide bonds. The predicted molar refractivity (Wildman–Crippen MR) is 96.4 cm³/mol. The lowest BCUT2D eigenvalue weighted by Crippen LogP contribution is -2.30. The van der Waals surface area contributed by atoms with Crippen molar-refractivity contribution in [2.75, 3.05) is 20.8 Å². The number of carbonyl (C=O) groups excluding carboxylic acids is 1. The number of furan rings is 1. The smallest absolute Gasteiger partial charge is 0.257 e. The second-order valence-electron chi connectivity index (χ2n) is 5.77. The maximum Gasteiger partial charge on any atom is 0.257 e. The molecule has 2 N–H and O–H groups in total. The fourth-order valence-electron chi connectivity index (χ4n) is 3.19. The standard InChI is InChI=1S/C18H22N2O4.ClH/c1-22-13-5-6-15(17(9-13)23-2)16-4-3-7-20(16)18(21)12-8-14(10-19)24-11-12;/h5-6,8-9,11,16H,3-4,7,10,19H2,1-2H3;1H. The highest BCUT2D eigenvalue weighted by Crippen LogP contribution is 2.39. The largest absolute Gasteiger partial charge is 0.497 e. The number of likely N-dealkylation sites (tertiary alicyclic amines) is 1. The van der Waals surface area contributed by atoms with Crippen molar-refractivity contribution in [2.45, 2.75) is 25.4 Å². The summed E-state index contributed by atoms with van der Waals surface area (Å²) in [7, 11) is 3.25. The molecule has 136 valence electrons. The summed E-state index contributed by atoms with van der Waals surface area (Å²) in [6.07, 6.45) is 3.33. The zero-order valence-corrected chi connectivity index (χ0v) is 15.2. The van der Waals surface area contributed by atoms with Crippen LogP contribution in [0.4, 0.5) is 0 Å². The van der Waals surface area contributed by atoms with Crippen molar-refractivity contribution in [3.05, 3.63) is 47.4 Å². The van der Waals surface area contributed by atoms with E-state index in [9.17, 15) is 4.79 Å². The zero-order chi connectivity index (χ0) is 17.1. The van der Waals surface area contributed by atoms with Crippen LogP contribution in [0.2, 0.25) is 0 Å². The van der Waals surface area contributed by atoms with Crippen LogP contribution in [-0.4, -0.2) is 31.6 Å². The monoisotopic (exact) mass is 366 g/mol. The van der Waals surface area contributed by atoms with Crippen LogP contribution >= 0.6 is 12.4 Å². The Labute approximate surface area is 153 Å². The van der Waals surface area contributed by atoms with Gasteiger partial charge in [0.1, 0.15) is 23.5 Å². The van der Waals surface area contributed by atoms with Crippen LogP contribution in [0, 0.1) is 0 Å². The van der Waals surface area contributed by atoms with Gasteiger partial charge in [-0.15, -0.1) is 12.4 Å². The fraction of sp³-hybridized carbons (Fsp3) is 0.389. The molecule has 1 aromatic heterocycles. The van der Waals surface area contributed by atoms with Crippen LogP contribution in [0.3, 0.4) is 0 Å². The van der Waals surface area contributed by atoms with Crippen LogP contribution in [-0.2, 0) is 6.54 Å². The molecule has 0 radical (unpaired) electrons. The molecule has 2 heterocycles. The van der Waals surface area contributed by atoms with E-state index in [0.29, 0.717) is 17.9 Å². The Kier molecular flexibility index (Phi) is 6.33.